The van der Waals surface area contributed by atoms with Crippen molar-refractivity contribution in [2.75, 3.05) is 4.90 Å². The lowest BCUT2D eigenvalue weighted by atomic mass is 9.82. The lowest BCUT2D eigenvalue weighted by Gasteiger charge is -2.28. The lowest BCUT2D eigenvalue weighted by molar-refractivity contribution is 0.506. The van der Waals surface area contributed by atoms with Crippen LogP contribution in [0.3, 0.4) is 0 Å². The van der Waals surface area contributed by atoms with Crippen LogP contribution in [-0.4, -0.2) is 0 Å². The van der Waals surface area contributed by atoms with Crippen LogP contribution in [0.25, 0.3) is 18.7 Å². The van der Waals surface area contributed by atoms with Gasteiger partial charge in [0.2, 0.25) is 0 Å². The monoisotopic (exact) mass is 381 g/mol. The molecule has 0 bridgehead atoms. The summed E-state index contributed by atoms with van der Waals surface area (Å²) in [6, 6.07) is 23.8. The molecular weight excluding hydrogens is 350 g/mol. The van der Waals surface area contributed by atoms with E-state index in [0.717, 1.165) is 39.5 Å². The second kappa shape index (κ2) is 8.53. The molecule has 3 aromatic carbocycles. The minimum atomic E-state index is 0.172. The van der Waals surface area contributed by atoms with Gasteiger partial charge in [-0.3, -0.25) is 0 Å². The molecule has 0 atom stereocenters. The molecule has 3 aromatic rings. The molecule has 0 saturated carbocycles. The summed E-state index contributed by atoms with van der Waals surface area (Å²) in [5, 5.41) is 2.19. The van der Waals surface area contributed by atoms with Crippen LogP contribution < -0.4 is 15.3 Å². The minimum Gasteiger partial charge on any atom is -0.310 e. The molecule has 1 nitrogen and oxygen atoms in total. The number of anilines is 3. The van der Waals surface area contributed by atoms with Crippen LogP contribution in [0, 0.1) is 0 Å². The van der Waals surface area contributed by atoms with Crippen LogP contribution in [0.5, 0.6) is 0 Å². The number of rotatable bonds is 6. The van der Waals surface area contributed by atoms with Gasteiger partial charge in [0.25, 0.3) is 0 Å². The van der Waals surface area contributed by atoms with Crippen LogP contribution in [-0.2, 0) is 5.41 Å². The first-order valence-electron chi connectivity index (χ1n) is 10.3. The van der Waals surface area contributed by atoms with E-state index in [4.69, 9.17) is 0 Å². The Labute approximate surface area is 175 Å². The zero-order chi connectivity index (χ0) is 21.0. The van der Waals surface area contributed by atoms with Gasteiger partial charge >= 0.3 is 0 Å². The van der Waals surface area contributed by atoms with Crippen molar-refractivity contribution in [3.63, 3.8) is 0 Å². The maximum absolute atomic E-state index is 4.24. The van der Waals surface area contributed by atoms with Gasteiger partial charge in [0, 0.05) is 17.1 Å². The van der Waals surface area contributed by atoms with Crippen molar-refractivity contribution < 1.29 is 0 Å². The zero-order valence-corrected chi connectivity index (χ0v) is 18.1. The van der Waals surface area contributed by atoms with Gasteiger partial charge in [0.1, 0.15) is 0 Å². The summed E-state index contributed by atoms with van der Waals surface area (Å²) in [5.74, 6) is 0. The maximum Gasteiger partial charge on any atom is 0.0467 e. The SMILES string of the molecule is C=Cc1cccc(N(c2ccc(C(C)(C)CC)cc2)c2ccc(=CC)c(=C)c2)c1. The summed E-state index contributed by atoms with van der Waals surface area (Å²) in [4.78, 5) is 2.28. The smallest absolute Gasteiger partial charge is 0.0467 e. The highest BCUT2D eigenvalue weighted by molar-refractivity contribution is 5.78. The summed E-state index contributed by atoms with van der Waals surface area (Å²) in [5.41, 5.74) is 5.98. The molecule has 1 heteroatoms. The number of hydrogen-bond acceptors (Lipinski definition) is 1. The van der Waals surface area contributed by atoms with E-state index in [2.05, 4.69) is 112 Å². The van der Waals surface area contributed by atoms with Gasteiger partial charge in [-0.1, -0.05) is 76.4 Å². The Morgan fingerprint density at radius 1 is 0.897 bits per heavy atom. The standard InChI is InChI=1S/C28H31N/c1-7-22-11-10-12-26(20-22)29(27-16-13-23(8-2)21(4)19-27)25-17-14-24(15-18-25)28(5,6)9-3/h7-8,10-20H,1,4,9H2,2-3,5-6H3. The first kappa shape index (κ1) is 20.7. The van der Waals surface area contributed by atoms with Crippen molar-refractivity contribution in [3.05, 3.63) is 94.9 Å². The molecule has 0 heterocycles. The third-order valence-corrected chi connectivity index (χ3v) is 5.85. The molecule has 0 fully saturated rings. The Balaban J connectivity index is 2.16. The van der Waals surface area contributed by atoms with E-state index in [1.54, 1.807) is 0 Å². The summed E-state index contributed by atoms with van der Waals surface area (Å²) < 4.78 is 0. The van der Waals surface area contributed by atoms with Gasteiger partial charge in [-0.25, -0.2) is 0 Å². The Morgan fingerprint density at radius 3 is 2.14 bits per heavy atom. The highest BCUT2D eigenvalue weighted by Crippen LogP contribution is 2.36. The summed E-state index contributed by atoms with van der Waals surface area (Å²) in [6.45, 7) is 17.0. The maximum atomic E-state index is 4.24. The third kappa shape index (κ3) is 4.35. The third-order valence-electron chi connectivity index (χ3n) is 5.85. The van der Waals surface area contributed by atoms with Crippen LogP contribution in [0.4, 0.5) is 17.1 Å². The van der Waals surface area contributed by atoms with E-state index in [-0.39, 0.29) is 5.41 Å². The molecule has 0 aliphatic carbocycles. The number of benzene rings is 3. The van der Waals surface area contributed by atoms with Crippen LogP contribution in [0.1, 0.15) is 45.2 Å². The summed E-state index contributed by atoms with van der Waals surface area (Å²) in [7, 11) is 0. The van der Waals surface area contributed by atoms with E-state index in [1.165, 1.54) is 5.56 Å². The number of hydrogen-bond donors (Lipinski definition) is 0. The highest BCUT2D eigenvalue weighted by Gasteiger charge is 2.19. The Hall–Kier alpha value is -3.06. The van der Waals surface area contributed by atoms with Crippen molar-refractivity contribution in [1.82, 2.24) is 0 Å². The van der Waals surface area contributed by atoms with Gasteiger partial charge in [-0.2, -0.15) is 0 Å². The van der Waals surface area contributed by atoms with Crippen LogP contribution in [0.2, 0.25) is 0 Å². The fraction of sp³-hybridized carbons (Fsp3) is 0.214. The average molecular weight is 382 g/mol. The minimum absolute atomic E-state index is 0.172. The highest BCUT2D eigenvalue weighted by atomic mass is 15.1. The van der Waals surface area contributed by atoms with Gasteiger partial charge in [0.05, 0.1) is 0 Å². The van der Waals surface area contributed by atoms with E-state index in [1.807, 2.05) is 13.0 Å². The van der Waals surface area contributed by atoms with Gasteiger partial charge in [0.15, 0.2) is 0 Å². The molecule has 148 valence electrons. The van der Waals surface area contributed by atoms with E-state index in [0.29, 0.717) is 0 Å². The Morgan fingerprint density at radius 2 is 1.55 bits per heavy atom. The van der Waals surface area contributed by atoms with E-state index in [9.17, 15) is 0 Å². The normalized spacial score (nSPS) is 12.1. The van der Waals surface area contributed by atoms with Gasteiger partial charge < -0.3 is 4.90 Å². The van der Waals surface area contributed by atoms with Gasteiger partial charge in [-0.05, 0) is 76.7 Å². The Bertz CT molecular complexity index is 1100. The largest absolute Gasteiger partial charge is 0.310 e. The number of nitrogens with zero attached hydrogens (tertiary/aromatic N) is 1. The fourth-order valence-corrected chi connectivity index (χ4v) is 3.52. The summed E-state index contributed by atoms with van der Waals surface area (Å²) >= 11 is 0. The van der Waals surface area contributed by atoms with Crippen molar-refractivity contribution in [3.8, 4) is 0 Å². The van der Waals surface area contributed by atoms with Crippen LogP contribution in [0.15, 0.2) is 73.3 Å². The molecule has 0 N–H and O–H groups in total. The van der Waals surface area contributed by atoms with Crippen molar-refractivity contribution >= 4 is 35.8 Å². The molecule has 29 heavy (non-hydrogen) atoms. The molecule has 0 aliphatic heterocycles. The second-order valence-corrected chi connectivity index (χ2v) is 8.09. The molecular formula is C28H31N. The van der Waals surface area contributed by atoms with Crippen molar-refractivity contribution in [1.29, 1.82) is 0 Å². The molecule has 0 spiro atoms. The molecule has 0 amide bonds. The summed E-state index contributed by atoms with van der Waals surface area (Å²) in [6.07, 6.45) is 5.09. The van der Waals surface area contributed by atoms with Crippen molar-refractivity contribution in [2.45, 2.75) is 39.5 Å². The quantitative estimate of drug-likeness (QED) is 0.459. The molecule has 0 saturated heterocycles. The second-order valence-electron chi connectivity index (χ2n) is 8.09. The molecule has 0 radical (unpaired) electrons. The zero-order valence-electron chi connectivity index (χ0n) is 18.1. The predicted octanol–water partition coefficient (Wildman–Crippen LogP) is 6.70. The Kier molecular flexibility index (Phi) is 6.08. The lowest BCUT2D eigenvalue weighted by Crippen LogP contribution is -2.24. The molecule has 0 aromatic heterocycles. The first-order valence-corrected chi connectivity index (χ1v) is 10.3. The molecule has 0 unspecified atom stereocenters. The van der Waals surface area contributed by atoms with Crippen LogP contribution >= 0.6 is 0 Å². The van der Waals surface area contributed by atoms with E-state index >= 15 is 0 Å². The predicted molar refractivity (Wildman–Crippen MR) is 129 cm³/mol. The first-order chi connectivity index (χ1) is 13.9. The molecule has 3 rings (SSSR count). The average Bonchev–Trinajstić information content (AvgIpc) is 2.74. The fourth-order valence-electron chi connectivity index (χ4n) is 3.52. The van der Waals surface area contributed by atoms with Crippen molar-refractivity contribution in [2.24, 2.45) is 0 Å². The van der Waals surface area contributed by atoms with Gasteiger partial charge in [-0.15, -0.1) is 0 Å². The topological polar surface area (TPSA) is 3.24 Å². The molecule has 0 aliphatic rings. The van der Waals surface area contributed by atoms with E-state index < -0.39 is 0 Å².